The molecule has 0 saturated heterocycles. The van der Waals surface area contributed by atoms with Gasteiger partial charge in [0.1, 0.15) is 0 Å². The van der Waals surface area contributed by atoms with Crippen LogP contribution in [0.25, 0.3) is 0 Å². The predicted octanol–water partition coefficient (Wildman–Crippen LogP) is 1.27. The second-order valence-corrected chi connectivity index (χ2v) is 1.97. The average molecular weight is 173 g/mol. The molecule has 0 atom stereocenters. The summed E-state index contributed by atoms with van der Waals surface area (Å²) in [5.74, 6) is -1.50. The van der Waals surface area contributed by atoms with Crippen LogP contribution in [0.2, 0.25) is 0 Å². The minimum atomic E-state index is -1.50. The first-order valence-electron chi connectivity index (χ1n) is 4.07. The highest BCUT2D eigenvalue weighted by Gasteiger charge is 2.32. The van der Waals surface area contributed by atoms with Crippen molar-refractivity contribution in [1.82, 2.24) is 0 Å². The molecule has 0 aromatic heterocycles. The molecule has 0 N–H and O–H groups in total. The van der Waals surface area contributed by atoms with Gasteiger partial charge in [0.25, 0.3) is 0 Å². The van der Waals surface area contributed by atoms with E-state index >= 15 is 0 Å². The maximum Gasteiger partial charge on any atom is 0.378 e. The van der Waals surface area contributed by atoms with Crippen LogP contribution in [0.1, 0.15) is 20.8 Å². The van der Waals surface area contributed by atoms with Crippen molar-refractivity contribution < 1.29 is 14.2 Å². The summed E-state index contributed by atoms with van der Waals surface area (Å²) in [4.78, 5) is 0. The Hall–Kier alpha value is -0.630. The van der Waals surface area contributed by atoms with E-state index in [0.717, 1.165) is 0 Å². The van der Waals surface area contributed by atoms with E-state index in [1.165, 1.54) is 0 Å². The summed E-state index contributed by atoms with van der Waals surface area (Å²) in [6, 6.07) is 1.85. The Bertz CT molecular complexity index is 136. The van der Waals surface area contributed by atoms with Crippen molar-refractivity contribution in [1.29, 1.82) is 5.26 Å². The fourth-order valence-corrected chi connectivity index (χ4v) is 0.792. The molecule has 0 unspecified atom stereocenters. The maximum absolute atomic E-state index is 8.74. The van der Waals surface area contributed by atoms with Gasteiger partial charge in [-0.25, -0.2) is 0 Å². The van der Waals surface area contributed by atoms with Crippen molar-refractivity contribution in [3.8, 4) is 6.07 Å². The molecule has 0 amide bonds. The smallest absolute Gasteiger partial charge is 0.316 e. The number of ether oxygens (including phenoxy) is 3. The van der Waals surface area contributed by atoms with E-state index in [2.05, 4.69) is 0 Å². The average Bonchev–Trinajstić information content (AvgIpc) is 2.06. The molecule has 0 aliphatic heterocycles. The minimum Gasteiger partial charge on any atom is -0.316 e. The van der Waals surface area contributed by atoms with Gasteiger partial charge in [0.15, 0.2) is 6.07 Å². The van der Waals surface area contributed by atoms with Crippen LogP contribution in [0, 0.1) is 11.3 Å². The standard InChI is InChI=1S/C8H15NO3/c1-4-10-8(7-9,11-5-2)12-6-3/h4-6H2,1-3H3. The molecule has 0 heterocycles. The van der Waals surface area contributed by atoms with Crippen LogP contribution in [0.4, 0.5) is 0 Å². The number of nitrogens with zero attached hydrogens (tertiary/aromatic N) is 1. The lowest BCUT2D eigenvalue weighted by molar-refractivity contribution is -0.340. The first-order chi connectivity index (χ1) is 5.74. The lowest BCUT2D eigenvalue weighted by Crippen LogP contribution is -2.37. The summed E-state index contributed by atoms with van der Waals surface area (Å²) in [5, 5.41) is 8.74. The molecule has 0 aromatic carbocycles. The van der Waals surface area contributed by atoms with E-state index in [4.69, 9.17) is 19.5 Å². The molecule has 0 fully saturated rings. The summed E-state index contributed by atoms with van der Waals surface area (Å²) >= 11 is 0. The van der Waals surface area contributed by atoms with Gasteiger partial charge in [0, 0.05) is 0 Å². The van der Waals surface area contributed by atoms with Gasteiger partial charge in [-0.2, -0.15) is 5.26 Å². The Balaban J connectivity index is 4.19. The zero-order chi connectivity index (χ0) is 9.45. The SMILES string of the molecule is CCOC(C#N)(OCC)OCC. The molecule has 12 heavy (non-hydrogen) atoms. The van der Waals surface area contributed by atoms with Crippen molar-refractivity contribution in [2.45, 2.75) is 26.7 Å². The molecular weight excluding hydrogens is 158 g/mol. The van der Waals surface area contributed by atoms with E-state index in [-0.39, 0.29) is 0 Å². The van der Waals surface area contributed by atoms with Crippen LogP contribution in [0.3, 0.4) is 0 Å². The highest BCUT2D eigenvalue weighted by Crippen LogP contribution is 2.13. The summed E-state index contributed by atoms with van der Waals surface area (Å²) in [5.41, 5.74) is 0. The Labute approximate surface area is 73.0 Å². The summed E-state index contributed by atoms with van der Waals surface area (Å²) in [6.07, 6.45) is 0. The normalized spacial score (nSPS) is 11.2. The first-order valence-corrected chi connectivity index (χ1v) is 4.07. The van der Waals surface area contributed by atoms with Gasteiger partial charge in [0.05, 0.1) is 19.8 Å². The van der Waals surface area contributed by atoms with Crippen LogP contribution < -0.4 is 0 Å². The quantitative estimate of drug-likeness (QED) is 0.567. The predicted molar refractivity (Wildman–Crippen MR) is 43.2 cm³/mol. The Morgan fingerprint density at radius 1 is 1.00 bits per heavy atom. The molecule has 0 saturated carbocycles. The molecule has 4 heteroatoms. The largest absolute Gasteiger partial charge is 0.378 e. The maximum atomic E-state index is 8.74. The fourth-order valence-electron chi connectivity index (χ4n) is 0.792. The van der Waals surface area contributed by atoms with E-state index in [0.29, 0.717) is 19.8 Å². The molecule has 0 radical (unpaired) electrons. The van der Waals surface area contributed by atoms with Crippen LogP contribution >= 0.6 is 0 Å². The summed E-state index contributed by atoms with van der Waals surface area (Å²) in [6.45, 7) is 6.49. The van der Waals surface area contributed by atoms with Crippen molar-refractivity contribution in [2.24, 2.45) is 0 Å². The lowest BCUT2D eigenvalue weighted by Gasteiger charge is -2.24. The highest BCUT2D eigenvalue weighted by molar-refractivity contribution is 4.85. The number of hydrogen-bond donors (Lipinski definition) is 0. The first kappa shape index (κ1) is 11.4. The van der Waals surface area contributed by atoms with Gasteiger partial charge < -0.3 is 14.2 Å². The number of nitriles is 1. The van der Waals surface area contributed by atoms with Crippen molar-refractivity contribution in [3.05, 3.63) is 0 Å². The molecule has 0 rings (SSSR count). The second-order valence-electron chi connectivity index (χ2n) is 1.97. The van der Waals surface area contributed by atoms with Gasteiger partial charge in [-0.3, -0.25) is 0 Å². The Morgan fingerprint density at radius 2 is 1.33 bits per heavy atom. The zero-order valence-corrected chi connectivity index (χ0v) is 7.79. The van der Waals surface area contributed by atoms with Crippen molar-refractivity contribution in [2.75, 3.05) is 19.8 Å². The van der Waals surface area contributed by atoms with E-state index in [1.807, 2.05) is 6.07 Å². The molecule has 0 aromatic rings. The number of hydrogen-bond acceptors (Lipinski definition) is 4. The monoisotopic (exact) mass is 173 g/mol. The third-order valence-corrected chi connectivity index (χ3v) is 1.14. The molecular formula is C8H15NO3. The third kappa shape index (κ3) is 3.18. The van der Waals surface area contributed by atoms with Crippen molar-refractivity contribution >= 4 is 0 Å². The van der Waals surface area contributed by atoms with Crippen LogP contribution in [-0.2, 0) is 14.2 Å². The van der Waals surface area contributed by atoms with E-state index in [9.17, 15) is 0 Å². The van der Waals surface area contributed by atoms with Gasteiger partial charge >= 0.3 is 5.97 Å². The molecule has 0 aliphatic carbocycles. The van der Waals surface area contributed by atoms with Gasteiger partial charge in [-0.15, -0.1) is 0 Å². The molecule has 70 valence electrons. The summed E-state index contributed by atoms with van der Waals surface area (Å²) in [7, 11) is 0. The van der Waals surface area contributed by atoms with E-state index < -0.39 is 5.97 Å². The van der Waals surface area contributed by atoms with Gasteiger partial charge in [0.2, 0.25) is 0 Å². The lowest BCUT2D eigenvalue weighted by atomic mass is 10.6. The number of rotatable bonds is 6. The fraction of sp³-hybridized carbons (Fsp3) is 0.875. The van der Waals surface area contributed by atoms with Gasteiger partial charge in [-0.05, 0) is 20.8 Å². The van der Waals surface area contributed by atoms with Crippen LogP contribution in [0.15, 0.2) is 0 Å². The van der Waals surface area contributed by atoms with Crippen LogP contribution in [-0.4, -0.2) is 25.8 Å². The Kier molecular flexibility index (Phi) is 5.64. The Morgan fingerprint density at radius 3 is 1.50 bits per heavy atom. The highest BCUT2D eigenvalue weighted by atomic mass is 16.9. The summed E-state index contributed by atoms with van der Waals surface area (Å²) < 4.78 is 15.2. The van der Waals surface area contributed by atoms with E-state index in [1.54, 1.807) is 20.8 Å². The van der Waals surface area contributed by atoms with Gasteiger partial charge in [-0.1, -0.05) is 0 Å². The minimum absolute atomic E-state index is 0.383. The second kappa shape index (κ2) is 5.95. The zero-order valence-electron chi connectivity index (χ0n) is 7.79. The molecule has 0 spiro atoms. The third-order valence-electron chi connectivity index (χ3n) is 1.14. The molecule has 4 nitrogen and oxygen atoms in total. The topological polar surface area (TPSA) is 51.5 Å². The molecule has 0 bridgehead atoms. The van der Waals surface area contributed by atoms with Crippen LogP contribution in [0.5, 0.6) is 0 Å². The van der Waals surface area contributed by atoms with Crippen molar-refractivity contribution in [3.63, 3.8) is 0 Å². The molecule has 0 aliphatic rings.